The van der Waals surface area contributed by atoms with Crippen molar-refractivity contribution in [2.24, 2.45) is 0 Å². The third kappa shape index (κ3) is 4.91. The Morgan fingerprint density at radius 2 is 2.06 bits per heavy atom. The predicted octanol–water partition coefficient (Wildman–Crippen LogP) is 2.03. The van der Waals surface area contributed by atoms with Gasteiger partial charge in [0.2, 0.25) is 0 Å². The number of esters is 1. The molecule has 1 rings (SSSR count). The van der Waals surface area contributed by atoms with E-state index in [1.165, 1.54) is 0 Å². The molecule has 17 heavy (non-hydrogen) atoms. The largest absolute Gasteiger partial charge is 0.496 e. The Hall–Kier alpha value is -0.820. The molecule has 0 aliphatic carbocycles. The molecule has 0 aliphatic rings. The van der Waals surface area contributed by atoms with Gasteiger partial charge in [-0.15, -0.1) is 0 Å². The third-order valence-corrected chi connectivity index (χ3v) is 2.96. The number of rotatable bonds is 6. The number of hydrogen-bond acceptors (Lipinski definition) is 4. The van der Waals surface area contributed by atoms with Crippen molar-refractivity contribution in [2.45, 2.75) is 6.42 Å². The molecular weight excluding hydrogens is 335 g/mol. The molecule has 0 radical (unpaired) electrons. The molecule has 0 atom stereocenters. The van der Waals surface area contributed by atoms with Gasteiger partial charge in [-0.1, -0.05) is 6.07 Å². The van der Waals surface area contributed by atoms with Gasteiger partial charge in [0.15, 0.2) is 0 Å². The summed E-state index contributed by atoms with van der Waals surface area (Å²) in [7, 11) is 3.19. The van der Waals surface area contributed by atoms with Crippen molar-refractivity contribution in [2.75, 3.05) is 27.4 Å². The number of hydrogen-bond donors (Lipinski definition) is 0. The van der Waals surface area contributed by atoms with Gasteiger partial charge in [0.25, 0.3) is 0 Å². The van der Waals surface area contributed by atoms with E-state index < -0.39 is 0 Å². The smallest absolute Gasteiger partial charge is 0.310 e. The van der Waals surface area contributed by atoms with E-state index in [9.17, 15) is 4.79 Å². The normalized spacial score (nSPS) is 10.1. The molecule has 0 N–H and O–H groups in total. The van der Waals surface area contributed by atoms with E-state index in [4.69, 9.17) is 14.2 Å². The number of halogens is 1. The van der Waals surface area contributed by atoms with Crippen LogP contribution < -0.4 is 4.74 Å². The van der Waals surface area contributed by atoms with Crippen LogP contribution in [0.3, 0.4) is 0 Å². The van der Waals surface area contributed by atoms with Gasteiger partial charge in [-0.25, -0.2) is 0 Å². The second kappa shape index (κ2) is 7.50. The summed E-state index contributed by atoms with van der Waals surface area (Å²) in [4.78, 5) is 11.4. The maximum Gasteiger partial charge on any atom is 0.310 e. The monoisotopic (exact) mass is 350 g/mol. The van der Waals surface area contributed by atoms with Gasteiger partial charge in [-0.05, 0) is 40.3 Å². The zero-order valence-electron chi connectivity index (χ0n) is 9.86. The van der Waals surface area contributed by atoms with Crippen LogP contribution in [0.5, 0.6) is 5.75 Å². The Kier molecular flexibility index (Phi) is 6.28. The van der Waals surface area contributed by atoms with Crippen LogP contribution in [0.4, 0.5) is 0 Å². The van der Waals surface area contributed by atoms with E-state index in [1.807, 2.05) is 18.2 Å². The molecule has 0 heterocycles. The molecule has 0 unspecified atom stereocenters. The van der Waals surface area contributed by atoms with Gasteiger partial charge < -0.3 is 14.2 Å². The minimum Gasteiger partial charge on any atom is -0.496 e. The molecule has 0 aromatic heterocycles. The second-order valence-electron chi connectivity index (χ2n) is 3.36. The van der Waals surface area contributed by atoms with Gasteiger partial charge in [0.05, 0.1) is 23.7 Å². The lowest BCUT2D eigenvalue weighted by Gasteiger charge is -2.07. The zero-order chi connectivity index (χ0) is 12.7. The molecule has 1 aromatic rings. The third-order valence-electron chi connectivity index (χ3n) is 2.12. The van der Waals surface area contributed by atoms with Crippen molar-refractivity contribution in [3.63, 3.8) is 0 Å². The summed E-state index contributed by atoms with van der Waals surface area (Å²) in [6, 6.07) is 5.62. The minimum absolute atomic E-state index is 0.247. The van der Waals surface area contributed by atoms with Gasteiger partial charge in [0.1, 0.15) is 12.4 Å². The first kappa shape index (κ1) is 14.2. The highest BCUT2D eigenvalue weighted by Gasteiger charge is 2.07. The van der Waals surface area contributed by atoms with Crippen LogP contribution in [0.25, 0.3) is 0 Å². The van der Waals surface area contributed by atoms with Crippen LogP contribution in [-0.2, 0) is 20.7 Å². The molecule has 1 aromatic carbocycles. The van der Waals surface area contributed by atoms with E-state index in [1.54, 1.807) is 14.2 Å². The van der Waals surface area contributed by atoms with Gasteiger partial charge in [0, 0.05) is 7.11 Å². The molecule has 0 saturated heterocycles. The fraction of sp³-hybridized carbons (Fsp3) is 0.417. The number of ether oxygens (including phenoxy) is 3. The van der Waals surface area contributed by atoms with Crippen molar-refractivity contribution in [1.82, 2.24) is 0 Å². The molecule has 0 saturated carbocycles. The Morgan fingerprint density at radius 3 is 2.65 bits per heavy atom. The second-order valence-corrected chi connectivity index (χ2v) is 4.52. The SMILES string of the molecule is COCCOC(=O)Cc1ccc(OC)c(I)c1. The van der Waals surface area contributed by atoms with E-state index in [2.05, 4.69) is 22.6 Å². The fourth-order valence-corrected chi connectivity index (χ4v) is 2.08. The summed E-state index contributed by atoms with van der Waals surface area (Å²) in [5, 5.41) is 0. The molecular formula is C12H15IO4. The summed E-state index contributed by atoms with van der Waals surface area (Å²) in [6.45, 7) is 0.717. The van der Waals surface area contributed by atoms with E-state index >= 15 is 0 Å². The Morgan fingerprint density at radius 1 is 1.29 bits per heavy atom. The molecule has 0 bridgehead atoms. The van der Waals surface area contributed by atoms with E-state index in [0.717, 1.165) is 14.9 Å². The van der Waals surface area contributed by atoms with Crippen molar-refractivity contribution in [3.05, 3.63) is 27.3 Å². The van der Waals surface area contributed by atoms with Crippen LogP contribution in [0, 0.1) is 3.57 Å². The lowest BCUT2D eigenvalue weighted by Crippen LogP contribution is -2.12. The Balaban J connectivity index is 2.51. The molecule has 0 amide bonds. The minimum atomic E-state index is -0.247. The summed E-state index contributed by atoms with van der Waals surface area (Å²) in [6.07, 6.45) is 0.268. The van der Waals surface area contributed by atoms with Crippen LogP contribution >= 0.6 is 22.6 Å². The molecule has 0 aliphatic heterocycles. The van der Waals surface area contributed by atoms with Crippen molar-refractivity contribution < 1.29 is 19.0 Å². The highest BCUT2D eigenvalue weighted by Crippen LogP contribution is 2.21. The summed E-state index contributed by atoms with van der Waals surface area (Å²) in [5.41, 5.74) is 0.914. The first-order chi connectivity index (χ1) is 8.17. The number of benzene rings is 1. The van der Waals surface area contributed by atoms with E-state index in [0.29, 0.717) is 13.2 Å². The molecule has 0 fully saturated rings. The summed E-state index contributed by atoms with van der Waals surface area (Å²) < 4.78 is 15.9. The van der Waals surface area contributed by atoms with Crippen molar-refractivity contribution >= 4 is 28.6 Å². The lowest BCUT2D eigenvalue weighted by atomic mass is 10.1. The Bertz CT molecular complexity index is 379. The van der Waals surface area contributed by atoms with Crippen LogP contribution in [-0.4, -0.2) is 33.4 Å². The highest BCUT2D eigenvalue weighted by atomic mass is 127. The van der Waals surface area contributed by atoms with Crippen molar-refractivity contribution in [3.8, 4) is 5.75 Å². The average Bonchev–Trinajstić information content (AvgIpc) is 2.29. The average molecular weight is 350 g/mol. The molecule has 0 spiro atoms. The van der Waals surface area contributed by atoms with Crippen LogP contribution in [0.1, 0.15) is 5.56 Å². The first-order valence-corrected chi connectivity index (χ1v) is 6.22. The van der Waals surface area contributed by atoms with Gasteiger partial charge in [-0.2, -0.15) is 0 Å². The predicted molar refractivity (Wildman–Crippen MR) is 72.3 cm³/mol. The van der Waals surface area contributed by atoms with Gasteiger partial charge >= 0.3 is 5.97 Å². The summed E-state index contributed by atoms with van der Waals surface area (Å²) in [5.74, 6) is 0.560. The van der Waals surface area contributed by atoms with E-state index in [-0.39, 0.29) is 12.4 Å². The number of methoxy groups -OCH3 is 2. The van der Waals surface area contributed by atoms with Crippen molar-refractivity contribution in [1.29, 1.82) is 0 Å². The van der Waals surface area contributed by atoms with Crippen LogP contribution in [0.2, 0.25) is 0 Å². The molecule has 94 valence electrons. The topological polar surface area (TPSA) is 44.8 Å². The Labute approximate surface area is 114 Å². The lowest BCUT2D eigenvalue weighted by molar-refractivity contribution is -0.144. The standard InChI is InChI=1S/C12H15IO4/c1-15-5-6-17-12(14)8-9-3-4-11(16-2)10(13)7-9/h3-4,7H,5-6,8H2,1-2H3. The van der Waals surface area contributed by atoms with Crippen LogP contribution in [0.15, 0.2) is 18.2 Å². The highest BCUT2D eigenvalue weighted by molar-refractivity contribution is 14.1. The number of carbonyl (C=O) groups is 1. The number of carbonyl (C=O) groups excluding carboxylic acids is 1. The molecule has 5 heteroatoms. The quantitative estimate of drug-likeness (QED) is 0.448. The maximum atomic E-state index is 11.4. The molecule has 4 nitrogen and oxygen atoms in total. The zero-order valence-corrected chi connectivity index (χ0v) is 12.0. The summed E-state index contributed by atoms with van der Waals surface area (Å²) >= 11 is 2.17. The van der Waals surface area contributed by atoms with Gasteiger partial charge in [-0.3, -0.25) is 4.79 Å². The maximum absolute atomic E-state index is 11.4. The fourth-order valence-electron chi connectivity index (χ4n) is 1.28. The first-order valence-electron chi connectivity index (χ1n) is 5.14.